The number of fused-ring (bicyclic) bond motifs is 1. The molecule has 154 valence electrons. The second-order valence-electron chi connectivity index (χ2n) is 6.99. The van der Waals surface area contributed by atoms with E-state index in [1.807, 2.05) is 13.0 Å². The quantitative estimate of drug-likeness (QED) is 0.577. The number of aryl methyl sites for hydroxylation is 1. The first-order valence-electron chi connectivity index (χ1n) is 9.46. The number of nitrogens with two attached hydrogens (primary N) is 1. The molecule has 4 rings (SSSR count). The summed E-state index contributed by atoms with van der Waals surface area (Å²) in [6.45, 7) is 5.55. The topological polar surface area (TPSA) is 89.2 Å². The first kappa shape index (κ1) is 20.4. The van der Waals surface area contributed by atoms with E-state index in [1.165, 1.54) is 11.3 Å². The fraction of sp³-hybridized carbons (Fsp3) is 0.421. The number of nitrogens with one attached hydrogen (secondary N) is 1. The van der Waals surface area contributed by atoms with Crippen molar-refractivity contribution in [1.82, 2.24) is 19.9 Å². The lowest BCUT2D eigenvalue weighted by molar-refractivity contribution is 0.103. The standard InChI is InChI=1S/C19H22Cl2N6OS/c1-11-24-17(16-18(25-11)26-19(22)29-16)23-6-9-27-7-4-12(5-8-27)28-13-2-3-14(20)15(21)10-13/h2-3,10,12H,4-9H2,1H3,(H3,22,23,24,25,26). The Hall–Kier alpha value is -1.87. The summed E-state index contributed by atoms with van der Waals surface area (Å²) < 4.78 is 6.96. The molecule has 0 unspecified atom stereocenters. The molecule has 3 N–H and O–H groups in total. The highest BCUT2D eigenvalue weighted by molar-refractivity contribution is 7.22. The number of ether oxygens (including phenoxy) is 1. The Morgan fingerprint density at radius 2 is 2.00 bits per heavy atom. The summed E-state index contributed by atoms with van der Waals surface area (Å²) in [5.41, 5.74) is 6.47. The number of rotatable bonds is 6. The zero-order valence-electron chi connectivity index (χ0n) is 16.0. The number of thiazole rings is 1. The highest BCUT2D eigenvalue weighted by Crippen LogP contribution is 2.29. The lowest BCUT2D eigenvalue weighted by atomic mass is 10.1. The molecule has 0 radical (unpaired) electrons. The first-order valence-corrected chi connectivity index (χ1v) is 11.0. The van der Waals surface area contributed by atoms with Crippen LogP contribution in [0.5, 0.6) is 5.75 Å². The van der Waals surface area contributed by atoms with E-state index in [9.17, 15) is 0 Å². The molecule has 0 spiro atoms. The highest BCUT2D eigenvalue weighted by Gasteiger charge is 2.21. The molecule has 0 atom stereocenters. The van der Waals surface area contributed by atoms with E-state index in [0.717, 1.165) is 55.3 Å². The number of aromatic nitrogens is 3. The minimum absolute atomic E-state index is 0.195. The number of hydrogen-bond acceptors (Lipinski definition) is 8. The van der Waals surface area contributed by atoms with Crippen molar-refractivity contribution in [3.05, 3.63) is 34.1 Å². The molecule has 29 heavy (non-hydrogen) atoms. The largest absolute Gasteiger partial charge is 0.490 e. The summed E-state index contributed by atoms with van der Waals surface area (Å²) in [6, 6.07) is 5.40. The predicted molar refractivity (Wildman–Crippen MR) is 119 cm³/mol. The molecule has 1 aliphatic heterocycles. The second-order valence-corrected chi connectivity index (χ2v) is 8.83. The van der Waals surface area contributed by atoms with Gasteiger partial charge in [-0.1, -0.05) is 34.5 Å². The van der Waals surface area contributed by atoms with Crippen LogP contribution in [-0.4, -0.2) is 52.1 Å². The van der Waals surface area contributed by atoms with Crippen LogP contribution in [0.15, 0.2) is 18.2 Å². The molecule has 1 aromatic carbocycles. The van der Waals surface area contributed by atoms with Crippen LogP contribution in [0.3, 0.4) is 0 Å². The van der Waals surface area contributed by atoms with E-state index in [2.05, 4.69) is 25.2 Å². The van der Waals surface area contributed by atoms with Crippen molar-refractivity contribution >= 4 is 55.8 Å². The molecule has 3 aromatic rings. The molecule has 7 nitrogen and oxygen atoms in total. The van der Waals surface area contributed by atoms with Crippen LogP contribution in [0.4, 0.5) is 10.9 Å². The molecule has 2 aromatic heterocycles. The molecule has 10 heteroatoms. The number of nitrogens with zero attached hydrogens (tertiary/aromatic N) is 4. The summed E-state index contributed by atoms with van der Waals surface area (Å²) >= 11 is 13.4. The lowest BCUT2D eigenvalue weighted by Crippen LogP contribution is -2.40. The molecule has 0 aliphatic carbocycles. The fourth-order valence-corrected chi connectivity index (χ4v) is 4.42. The van der Waals surface area contributed by atoms with Crippen molar-refractivity contribution in [1.29, 1.82) is 0 Å². The van der Waals surface area contributed by atoms with Crippen molar-refractivity contribution in [3.8, 4) is 5.75 Å². The van der Waals surface area contributed by atoms with Gasteiger partial charge in [0.25, 0.3) is 0 Å². The molecule has 0 amide bonds. The van der Waals surface area contributed by atoms with Crippen molar-refractivity contribution in [2.75, 3.05) is 37.2 Å². The van der Waals surface area contributed by atoms with E-state index in [1.54, 1.807) is 12.1 Å². The maximum atomic E-state index is 6.06. The Bertz CT molecular complexity index is 1010. The summed E-state index contributed by atoms with van der Waals surface area (Å²) in [5, 5.41) is 4.98. The SMILES string of the molecule is Cc1nc(NCCN2CCC(Oc3ccc(Cl)c(Cl)c3)CC2)c2sc(N)nc2n1. The van der Waals surface area contributed by atoms with Crippen LogP contribution in [0, 0.1) is 6.92 Å². The van der Waals surface area contributed by atoms with Gasteiger partial charge in [0, 0.05) is 32.2 Å². The lowest BCUT2D eigenvalue weighted by Gasteiger charge is -2.32. The number of likely N-dealkylation sites (tertiary alicyclic amines) is 1. The van der Waals surface area contributed by atoms with E-state index in [-0.39, 0.29) is 6.10 Å². The van der Waals surface area contributed by atoms with Crippen LogP contribution in [0.2, 0.25) is 10.0 Å². The average Bonchev–Trinajstić information content (AvgIpc) is 3.06. The molecule has 0 saturated carbocycles. The smallest absolute Gasteiger partial charge is 0.182 e. The summed E-state index contributed by atoms with van der Waals surface area (Å²) in [5.74, 6) is 2.26. The molecular formula is C19H22Cl2N6OS. The maximum Gasteiger partial charge on any atom is 0.182 e. The van der Waals surface area contributed by atoms with Gasteiger partial charge in [-0.25, -0.2) is 15.0 Å². The first-order chi connectivity index (χ1) is 14.0. The van der Waals surface area contributed by atoms with Crippen molar-refractivity contribution in [3.63, 3.8) is 0 Å². The third kappa shape index (κ3) is 5.01. The minimum Gasteiger partial charge on any atom is -0.490 e. The Labute approximate surface area is 183 Å². The third-order valence-electron chi connectivity index (χ3n) is 4.83. The molecule has 1 fully saturated rings. The summed E-state index contributed by atoms with van der Waals surface area (Å²) in [7, 11) is 0. The number of piperidine rings is 1. The predicted octanol–water partition coefficient (Wildman–Crippen LogP) is 4.24. The van der Waals surface area contributed by atoms with E-state index < -0.39 is 0 Å². The van der Waals surface area contributed by atoms with Crippen LogP contribution < -0.4 is 15.8 Å². The maximum absolute atomic E-state index is 6.06. The van der Waals surface area contributed by atoms with Crippen LogP contribution in [0.1, 0.15) is 18.7 Å². The number of anilines is 2. The van der Waals surface area contributed by atoms with Gasteiger partial charge in [0.1, 0.15) is 28.2 Å². The molecule has 1 aliphatic rings. The van der Waals surface area contributed by atoms with Crippen LogP contribution in [-0.2, 0) is 0 Å². The third-order valence-corrected chi connectivity index (χ3v) is 6.45. The van der Waals surface area contributed by atoms with Gasteiger partial charge in [-0.05, 0) is 31.9 Å². The molecule has 0 bridgehead atoms. The van der Waals surface area contributed by atoms with Gasteiger partial charge < -0.3 is 20.7 Å². The number of hydrogen-bond donors (Lipinski definition) is 2. The second kappa shape index (κ2) is 8.87. The number of halogens is 2. The fourth-order valence-electron chi connectivity index (χ4n) is 3.39. The van der Waals surface area contributed by atoms with E-state index in [0.29, 0.717) is 26.6 Å². The van der Waals surface area contributed by atoms with Gasteiger partial charge in [-0.15, -0.1) is 0 Å². The van der Waals surface area contributed by atoms with E-state index >= 15 is 0 Å². The Kier molecular flexibility index (Phi) is 6.24. The van der Waals surface area contributed by atoms with Gasteiger partial charge in [-0.3, -0.25) is 0 Å². The van der Waals surface area contributed by atoms with Crippen molar-refractivity contribution in [2.24, 2.45) is 0 Å². The van der Waals surface area contributed by atoms with Crippen molar-refractivity contribution in [2.45, 2.75) is 25.9 Å². The summed E-state index contributed by atoms with van der Waals surface area (Å²) in [4.78, 5) is 15.5. The van der Waals surface area contributed by atoms with Gasteiger partial charge in [0.2, 0.25) is 0 Å². The zero-order valence-corrected chi connectivity index (χ0v) is 18.3. The number of benzene rings is 1. The molecular weight excluding hydrogens is 431 g/mol. The average molecular weight is 453 g/mol. The highest BCUT2D eigenvalue weighted by atomic mass is 35.5. The van der Waals surface area contributed by atoms with Gasteiger partial charge in [-0.2, -0.15) is 0 Å². The number of nitrogen functional groups attached to an aromatic ring is 1. The molecule has 3 heterocycles. The minimum atomic E-state index is 0.195. The normalized spacial score (nSPS) is 15.7. The van der Waals surface area contributed by atoms with Crippen molar-refractivity contribution < 1.29 is 4.74 Å². The Balaban J connectivity index is 1.26. The Morgan fingerprint density at radius 1 is 1.21 bits per heavy atom. The van der Waals surface area contributed by atoms with Crippen LogP contribution in [0.25, 0.3) is 10.3 Å². The van der Waals surface area contributed by atoms with E-state index in [4.69, 9.17) is 33.7 Å². The van der Waals surface area contributed by atoms with Gasteiger partial charge >= 0.3 is 0 Å². The summed E-state index contributed by atoms with van der Waals surface area (Å²) in [6.07, 6.45) is 2.14. The van der Waals surface area contributed by atoms with Gasteiger partial charge in [0.05, 0.1) is 10.0 Å². The molecule has 1 saturated heterocycles. The zero-order chi connectivity index (χ0) is 20.4. The van der Waals surface area contributed by atoms with Gasteiger partial charge in [0.15, 0.2) is 10.8 Å². The monoisotopic (exact) mass is 452 g/mol. The Morgan fingerprint density at radius 3 is 2.76 bits per heavy atom. The van der Waals surface area contributed by atoms with Crippen LogP contribution >= 0.6 is 34.5 Å².